The molecular weight excluding hydrogens is 168 g/mol. The van der Waals surface area contributed by atoms with Crippen molar-refractivity contribution in [2.75, 3.05) is 0 Å². The van der Waals surface area contributed by atoms with Gasteiger partial charge in [-0.1, -0.05) is 44.4 Å². The summed E-state index contributed by atoms with van der Waals surface area (Å²) in [6.07, 6.45) is 14.8. The molecule has 0 heteroatoms. The van der Waals surface area contributed by atoms with Crippen molar-refractivity contribution >= 4 is 0 Å². The average molecular weight is 194 g/mol. The molecule has 0 amide bonds. The molecule has 0 N–H and O–H groups in total. The van der Waals surface area contributed by atoms with E-state index >= 15 is 0 Å². The summed E-state index contributed by atoms with van der Waals surface area (Å²) in [4.78, 5) is 0. The van der Waals surface area contributed by atoms with Crippen LogP contribution in [0.5, 0.6) is 0 Å². The third-order valence-electron chi connectivity index (χ3n) is 2.47. The standard InChI is InChI=1S/C14H26/c1-4-7-8-9-10-13-14(11-5-2)12-6-3/h4,11H,1,5-10,12-13H2,2-3H3/b14-11+. The van der Waals surface area contributed by atoms with Crippen LogP contribution in [-0.4, -0.2) is 0 Å². The Hall–Kier alpha value is -0.520. The van der Waals surface area contributed by atoms with Crippen LogP contribution in [0.1, 0.15) is 65.2 Å². The van der Waals surface area contributed by atoms with E-state index in [1.54, 1.807) is 5.57 Å². The molecule has 0 aliphatic heterocycles. The molecule has 0 saturated heterocycles. The van der Waals surface area contributed by atoms with E-state index in [4.69, 9.17) is 0 Å². The molecule has 0 fully saturated rings. The van der Waals surface area contributed by atoms with E-state index in [2.05, 4.69) is 26.5 Å². The van der Waals surface area contributed by atoms with Gasteiger partial charge in [0.25, 0.3) is 0 Å². The first kappa shape index (κ1) is 13.5. The zero-order chi connectivity index (χ0) is 10.6. The van der Waals surface area contributed by atoms with Crippen LogP contribution in [0.15, 0.2) is 24.3 Å². The van der Waals surface area contributed by atoms with Gasteiger partial charge in [0.1, 0.15) is 0 Å². The van der Waals surface area contributed by atoms with Crippen molar-refractivity contribution in [1.82, 2.24) is 0 Å². The van der Waals surface area contributed by atoms with Crippen LogP contribution in [0.2, 0.25) is 0 Å². The summed E-state index contributed by atoms with van der Waals surface area (Å²) in [7, 11) is 0. The SMILES string of the molecule is C=CCCCCC/C(=C/CC)CCC. The Morgan fingerprint density at radius 2 is 1.86 bits per heavy atom. The normalized spacial score (nSPS) is 11.7. The van der Waals surface area contributed by atoms with Crippen molar-refractivity contribution < 1.29 is 0 Å². The molecule has 0 rings (SSSR count). The number of allylic oxidation sites excluding steroid dienone is 3. The minimum atomic E-state index is 1.18. The van der Waals surface area contributed by atoms with Crippen LogP contribution in [0.4, 0.5) is 0 Å². The molecular formula is C14H26. The lowest BCUT2D eigenvalue weighted by Crippen LogP contribution is -1.85. The first-order valence-corrected chi connectivity index (χ1v) is 6.13. The van der Waals surface area contributed by atoms with Crippen LogP contribution >= 0.6 is 0 Å². The highest BCUT2D eigenvalue weighted by molar-refractivity contribution is 5.01. The van der Waals surface area contributed by atoms with Crippen molar-refractivity contribution in [3.63, 3.8) is 0 Å². The van der Waals surface area contributed by atoms with E-state index in [0.29, 0.717) is 0 Å². The summed E-state index contributed by atoms with van der Waals surface area (Å²) in [5.74, 6) is 0. The molecule has 0 aromatic rings. The van der Waals surface area contributed by atoms with E-state index in [9.17, 15) is 0 Å². The van der Waals surface area contributed by atoms with Crippen molar-refractivity contribution in [3.05, 3.63) is 24.3 Å². The summed E-state index contributed by atoms with van der Waals surface area (Å²) in [5, 5.41) is 0. The smallest absolute Gasteiger partial charge is 0.0320 e. The highest BCUT2D eigenvalue weighted by Crippen LogP contribution is 2.15. The molecule has 0 unspecified atom stereocenters. The van der Waals surface area contributed by atoms with Gasteiger partial charge in [0.15, 0.2) is 0 Å². The van der Waals surface area contributed by atoms with Gasteiger partial charge in [-0.2, -0.15) is 0 Å². The van der Waals surface area contributed by atoms with Gasteiger partial charge in [0.2, 0.25) is 0 Å². The van der Waals surface area contributed by atoms with E-state index in [1.165, 1.54) is 51.4 Å². The number of hydrogen-bond acceptors (Lipinski definition) is 0. The van der Waals surface area contributed by atoms with Crippen LogP contribution in [0, 0.1) is 0 Å². The number of rotatable bonds is 9. The lowest BCUT2D eigenvalue weighted by Gasteiger charge is -2.05. The maximum Gasteiger partial charge on any atom is -0.0320 e. The van der Waals surface area contributed by atoms with Crippen molar-refractivity contribution in [3.8, 4) is 0 Å². The molecule has 0 radical (unpaired) electrons. The molecule has 0 spiro atoms. The predicted octanol–water partition coefficient (Wildman–Crippen LogP) is 5.26. The fourth-order valence-corrected chi connectivity index (χ4v) is 1.76. The summed E-state index contributed by atoms with van der Waals surface area (Å²) < 4.78 is 0. The lowest BCUT2D eigenvalue weighted by molar-refractivity contribution is 0.666. The second-order valence-electron chi connectivity index (χ2n) is 3.91. The molecule has 0 bridgehead atoms. The van der Waals surface area contributed by atoms with Gasteiger partial charge in [0.05, 0.1) is 0 Å². The van der Waals surface area contributed by atoms with Crippen molar-refractivity contribution in [1.29, 1.82) is 0 Å². The molecule has 0 aromatic heterocycles. The molecule has 0 aliphatic carbocycles. The fourth-order valence-electron chi connectivity index (χ4n) is 1.76. The summed E-state index contributed by atoms with van der Waals surface area (Å²) >= 11 is 0. The average Bonchev–Trinajstić information content (AvgIpc) is 2.18. The first-order chi connectivity index (χ1) is 6.85. The maximum absolute atomic E-state index is 3.74. The molecule has 82 valence electrons. The monoisotopic (exact) mass is 194 g/mol. The Bertz CT molecular complexity index is 153. The Balaban J connectivity index is 3.50. The van der Waals surface area contributed by atoms with Gasteiger partial charge in [-0.05, 0) is 38.5 Å². The van der Waals surface area contributed by atoms with Crippen LogP contribution in [-0.2, 0) is 0 Å². The highest BCUT2D eigenvalue weighted by Gasteiger charge is 1.95. The third-order valence-corrected chi connectivity index (χ3v) is 2.47. The highest BCUT2D eigenvalue weighted by atomic mass is 14.0. The molecule has 0 nitrogen and oxygen atoms in total. The van der Waals surface area contributed by atoms with Gasteiger partial charge < -0.3 is 0 Å². The number of unbranched alkanes of at least 4 members (excludes halogenated alkanes) is 3. The zero-order valence-electron chi connectivity index (χ0n) is 10.0. The Morgan fingerprint density at radius 1 is 1.07 bits per heavy atom. The van der Waals surface area contributed by atoms with E-state index < -0.39 is 0 Å². The van der Waals surface area contributed by atoms with E-state index in [-0.39, 0.29) is 0 Å². The van der Waals surface area contributed by atoms with Gasteiger partial charge in [-0.25, -0.2) is 0 Å². The van der Waals surface area contributed by atoms with Crippen molar-refractivity contribution in [2.24, 2.45) is 0 Å². The summed E-state index contributed by atoms with van der Waals surface area (Å²) in [6, 6.07) is 0. The molecule has 0 saturated carbocycles. The predicted molar refractivity (Wildman–Crippen MR) is 66.6 cm³/mol. The summed E-state index contributed by atoms with van der Waals surface area (Å²) in [5.41, 5.74) is 1.67. The second-order valence-corrected chi connectivity index (χ2v) is 3.91. The second kappa shape index (κ2) is 10.6. The van der Waals surface area contributed by atoms with Crippen LogP contribution in [0.3, 0.4) is 0 Å². The molecule has 0 aromatic carbocycles. The Morgan fingerprint density at radius 3 is 2.43 bits per heavy atom. The fraction of sp³-hybridized carbons (Fsp3) is 0.714. The third kappa shape index (κ3) is 8.10. The van der Waals surface area contributed by atoms with Gasteiger partial charge in [0, 0.05) is 0 Å². The quantitative estimate of drug-likeness (QED) is 0.347. The van der Waals surface area contributed by atoms with Crippen LogP contribution in [0.25, 0.3) is 0 Å². The minimum Gasteiger partial charge on any atom is -0.103 e. The zero-order valence-corrected chi connectivity index (χ0v) is 10.0. The topological polar surface area (TPSA) is 0 Å². The summed E-state index contributed by atoms with van der Waals surface area (Å²) in [6.45, 7) is 8.24. The molecule has 0 atom stereocenters. The molecule has 14 heavy (non-hydrogen) atoms. The molecule has 0 heterocycles. The van der Waals surface area contributed by atoms with Crippen LogP contribution < -0.4 is 0 Å². The van der Waals surface area contributed by atoms with Gasteiger partial charge in [-0.15, -0.1) is 6.58 Å². The van der Waals surface area contributed by atoms with Gasteiger partial charge >= 0.3 is 0 Å². The Kier molecular flexibility index (Phi) is 10.2. The largest absolute Gasteiger partial charge is 0.103 e. The van der Waals surface area contributed by atoms with Gasteiger partial charge in [-0.3, -0.25) is 0 Å². The first-order valence-electron chi connectivity index (χ1n) is 6.13. The number of hydrogen-bond donors (Lipinski definition) is 0. The van der Waals surface area contributed by atoms with E-state index in [1.807, 2.05) is 6.08 Å². The lowest BCUT2D eigenvalue weighted by atomic mass is 10.0. The minimum absolute atomic E-state index is 1.18. The maximum atomic E-state index is 3.74. The Labute approximate surface area is 90.1 Å². The van der Waals surface area contributed by atoms with E-state index in [0.717, 1.165) is 0 Å². The molecule has 0 aliphatic rings. The van der Waals surface area contributed by atoms with Crippen molar-refractivity contribution in [2.45, 2.75) is 65.2 Å².